The summed E-state index contributed by atoms with van der Waals surface area (Å²) in [7, 11) is 1.60. The average Bonchev–Trinajstić information content (AvgIpc) is 2.28. The van der Waals surface area contributed by atoms with Crippen molar-refractivity contribution in [2.24, 2.45) is 16.5 Å². The van der Waals surface area contributed by atoms with E-state index in [-0.39, 0.29) is 18.4 Å². The zero-order valence-electron chi connectivity index (χ0n) is 10.1. The summed E-state index contributed by atoms with van der Waals surface area (Å²) < 4.78 is 0. The van der Waals surface area contributed by atoms with Crippen LogP contribution in [0.1, 0.15) is 6.42 Å². The Labute approximate surface area is 104 Å². The number of carbonyl (C=O) groups is 2. The standard InChI is InChI=1S/C9H18N6O3/c1-15(6(16)2-3-10)5-4-12-9(13-7(5)17)14-8(11)18/h5-6,16H,2-4,10H2,1H3,(H4,11,12,13,14,17,18). The summed E-state index contributed by atoms with van der Waals surface area (Å²) in [5.41, 5.74) is 10.2. The first kappa shape index (κ1) is 14.4. The molecule has 0 aromatic rings. The summed E-state index contributed by atoms with van der Waals surface area (Å²) in [6.07, 6.45) is -0.456. The fourth-order valence-electron chi connectivity index (χ4n) is 1.56. The molecule has 9 heteroatoms. The van der Waals surface area contributed by atoms with Gasteiger partial charge in [-0.1, -0.05) is 0 Å². The number of guanidine groups is 1. The van der Waals surface area contributed by atoms with Gasteiger partial charge in [-0.3, -0.25) is 25.3 Å². The Hall–Kier alpha value is -1.71. The lowest BCUT2D eigenvalue weighted by Crippen LogP contribution is -2.58. The first-order valence-corrected chi connectivity index (χ1v) is 5.47. The molecule has 18 heavy (non-hydrogen) atoms. The van der Waals surface area contributed by atoms with E-state index >= 15 is 0 Å². The second-order valence-electron chi connectivity index (χ2n) is 3.91. The molecule has 0 radical (unpaired) electrons. The normalized spacial score (nSPS) is 21.2. The lowest BCUT2D eigenvalue weighted by Gasteiger charge is -2.32. The molecule has 1 heterocycles. The van der Waals surface area contributed by atoms with Crippen molar-refractivity contribution in [3.05, 3.63) is 0 Å². The van der Waals surface area contributed by atoms with Gasteiger partial charge < -0.3 is 16.6 Å². The SMILES string of the molecule is CN(C(O)CCN)C1CN=C(NC(N)=O)NC1=O. The van der Waals surface area contributed by atoms with Crippen molar-refractivity contribution in [2.75, 3.05) is 20.1 Å². The predicted molar refractivity (Wildman–Crippen MR) is 64.4 cm³/mol. The van der Waals surface area contributed by atoms with Gasteiger partial charge in [0.25, 0.3) is 0 Å². The van der Waals surface area contributed by atoms with E-state index in [0.717, 1.165) is 0 Å². The van der Waals surface area contributed by atoms with Crippen LogP contribution in [0, 0.1) is 0 Å². The van der Waals surface area contributed by atoms with Crippen molar-refractivity contribution in [3.63, 3.8) is 0 Å². The Morgan fingerprint density at radius 3 is 2.94 bits per heavy atom. The fraction of sp³-hybridized carbons (Fsp3) is 0.667. The Bertz CT molecular complexity index is 358. The van der Waals surface area contributed by atoms with Crippen LogP contribution < -0.4 is 22.1 Å². The monoisotopic (exact) mass is 258 g/mol. The van der Waals surface area contributed by atoms with Crippen molar-refractivity contribution in [3.8, 4) is 0 Å². The molecule has 1 aliphatic heterocycles. The molecule has 0 spiro atoms. The minimum absolute atomic E-state index is 0.0189. The van der Waals surface area contributed by atoms with Crippen molar-refractivity contribution >= 4 is 17.9 Å². The van der Waals surface area contributed by atoms with Crippen molar-refractivity contribution in [1.82, 2.24) is 15.5 Å². The molecule has 2 unspecified atom stereocenters. The summed E-state index contributed by atoms with van der Waals surface area (Å²) >= 11 is 0. The summed E-state index contributed by atoms with van der Waals surface area (Å²) in [6.45, 7) is 0.442. The number of carbonyl (C=O) groups excluding carboxylic acids is 2. The summed E-state index contributed by atoms with van der Waals surface area (Å²) in [6, 6.07) is -1.41. The quantitative estimate of drug-likeness (QED) is 0.343. The Kier molecular flexibility index (Phi) is 5.01. The molecular formula is C9H18N6O3. The molecule has 1 aliphatic rings. The predicted octanol–water partition coefficient (Wildman–Crippen LogP) is -2.89. The second kappa shape index (κ2) is 6.28. The molecule has 3 amide bonds. The first-order chi connectivity index (χ1) is 8.45. The molecular weight excluding hydrogens is 240 g/mol. The van der Waals surface area contributed by atoms with Crippen LogP contribution in [-0.4, -0.2) is 60.3 Å². The number of nitrogens with one attached hydrogen (secondary N) is 2. The van der Waals surface area contributed by atoms with Gasteiger partial charge in [0.2, 0.25) is 11.9 Å². The van der Waals surface area contributed by atoms with Crippen LogP contribution in [0.2, 0.25) is 0 Å². The molecule has 0 aromatic carbocycles. The first-order valence-electron chi connectivity index (χ1n) is 5.47. The van der Waals surface area contributed by atoms with E-state index in [4.69, 9.17) is 11.5 Å². The molecule has 102 valence electrons. The van der Waals surface area contributed by atoms with Crippen LogP contribution in [-0.2, 0) is 4.79 Å². The highest BCUT2D eigenvalue weighted by Crippen LogP contribution is 2.07. The van der Waals surface area contributed by atoms with Crippen LogP contribution in [0.4, 0.5) is 4.79 Å². The Morgan fingerprint density at radius 2 is 2.44 bits per heavy atom. The van der Waals surface area contributed by atoms with E-state index in [2.05, 4.69) is 15.6 Å². The van der Waals surface area contributed by atoms with Gasteiger partial charge in [-0.05, 0) is 20.0 Å². The third kappa shape index (κ3) is 3.65. The van der Waals surface area contributed by atoms with E-state index in [9.17, 15) is 14.7 Å². The number of hydrogen-bond donors (Lipinski definition) is 5. The van der Waals surface area contributed by atoms with Crippen LogP contribution >= 0.6 is 0 Å². The molecule has 9 nitrogen and oxygen atoms in total. The molecule has 0 fully saturated rings. The highest BCUT2D eigenvalue weighted by atomic mass is 16.3. The third-order valence-electron chi connectivity index (χ3n) is 2.59. The maximum absolute atomic E-state index is 11.8. The van der Waals surface area contributed by atoms with E-state index in [1.165, 1.54) is 4.90 Å². The smallest absolute Gasteiger partial charge is 0.318 e. The van der Waals surface area contributed by atoms with Crippen LogP contribution in [0.5, 0.6) is 0 Å². The fourth-order valence-corrected chi connectivity index (χ4v) is 1.56. The van der Waals surface area contributed by atoms with Gasteiger partial charge in [-0.15, -0.1) is 0 Å². The van der Waals surface area contributed by atoms with Crippen LogP contribution in [0.3, 0.4) is 0 Å². The topological polar surface area (TPSA) is 146 Å². The third-order valence-corrected chi connectivity index (χ3v) is 2.59. The Morgan fingerprint density at radius 1 is 1.78 bits per heavy atom. The van der Waals surface area contributed by atoms with Gasteiger partial charge in [0.05, 0.1) is 6.54 Å². The molecule has 2 atom stereocenters. The van der Waals surface area contributed by atoms with Gasteiger partial charge in [0, 0.05) is 0 Å². The number of amides is 3. The van der Waals surface area contributed by atoms with E-state index in [1.807, 2.05) is 0 Å². The van der Waals surface area contributed by atoms with Gasteiger partial charge in [0.1, 0.15) is 12.3 Å². The zero-order chi connectivity index (χ0) is 13.7. The number of aliphatic hydroxyl groups is 1. The number of primary amides is 1. The maximum atomic E-state index is 11.8. The molecule has 1 rings (SSSR count). The lowest BCUT2D eigenvalue weighted by molar-refractivity contribution is -0.129. The number of nitrogens with zero attached hydrogens (tertiary/aromatic N) is 2. The molecule has 0 aromatic heterocycles. The molecule has 0 saturated carbocycles. The molecule has 0 bridgehead atoms. The van der Waals surface area contributed by atoms with Gasteiger partial charge in [-0.2, -0.15) is 0 Å². The van der Waals surface area contributed by atoms with E-state index in [0.29, 0.717) is 13.0 Å². The van der Waals surface area contributed by atoms with Gasteiger partial charge in [-0.25, -0.2) is 4.79 Å². The number of likely N-dealkylation sites (N-methyl/N-ethyl adjacent to an activating group) is 1. The van der Waals surface area contributed by atoms with Gasteiger partial charge >= 0.3 is 6.03 Å². The van der Waals surface area contributed by atoms with E-state index in [1.54, 1.807) is 7.05 Å². The van der Waals surface area contributed by atoms with Crippen LogP contribution in [0.15, 0.2) is 4.99 Å². The van der Waals surface area contributed by atoms with Crippen molar-refractivity contribution in [1.29, 1.82) is 0 Å². The number of nitrogens with two attached hydrogens (primary N) is 2. The number of rotatable bonds is 4. The summed E-state index contributed by atoms with van der Waals surface area (Å²) in [5.74, 6) is -0.349. The molecule has 0 aliphatic carbocycles. The number of aliphatic imine (C=N–C) groups is 1. The van der Waals surface area contributed by atoms with Gasteiger partial charge in [0.15, 0.2) is 0 Å². The second-order valence-corrected chi connectivity index (χ2v) is 3.91. The number of urea groups is 1. The summed E-state index contributed by atoms with van der Waals surface area (Å²) in [4.78, 5) is 27.8. The van der Waals surface area contributed by atoms with Crippen molar-refractivity contribution < 1.29 is 14.7 Å². The number of hydrogen-bond acceptors (Lipinski definition) is 6. The minimum atomic E-state index is -0.813. The number of aliphatic hydroxyl groups excluding tert-OH is 1. The highest BCUT2D eigenvalue weighted by molar-refractivity contribution is 6.06. The van der Waals surface area contributed by atoms with Crippen LogP contribution in [0.25, 0.3) is 0 Å². The lowest BCUT2D eigenvalue weighted by atomic mass is 10.2. The Balaban J connectivity index is 2.63. The zero-order valence-corrected chi connectivity index (χ0v) is 10.1. The molecule has 7 N–H and O–H groups in total. The minimum Gasteiger partial charge on any atom is -0.378 e. The van der Waals surface area contributed by atoms with E-state index < -0.39 is 18.3 Å². The highest BCUT2D eigenvalue weighted by Gasteiger charge is 2.30. The molecule has 0 saturated heterocycles. The van der Waals surface area contributed by atoms with Crippen molar-refractivity contribution in [2.45, 2.75) is 18.7 Å². The largest absolute Gasteiger partial charge is 0.378 e. The summed E-state index contributed by atoms with van der Waals surface area (Å²) in [5, 5.41) is 14.3. The maximum Gasteiger partial charge on any atom is 0.318 e. The average molecular weight is 258 g/mol.